The van der Waals surface area contributed by atoms with E-state index in [1.165, 1.54) is 11.8 Å². The summed E-state index contributed by atoms with van der Waals surface area (Å²) in [5.74, 6) is 1.31. The molecule has 6 nitrogen and oxygen atoms in total. The first-order chi connectivity index (χ1) is 16.7. The predicted molar refractivity (Wildman–Crippen MR) is 126 cm³/mol. The van der Waals surface area contributed by atoms with Crippen LogP contribution in [0.15, 0.2) is 29.3 Å². The van der Waals surface area contributed by atoms with Crippen LogP contribution in [-0.2, 0) is 12.6 Å². The fourth-order valence-corrected chi connectivity index (χ4v) is 5.87. The van der Waals surface area contributed by atoms with Gasteiger partial charge in [0.15, 0.2) is 11.5 Å². The molecule has 1 aliphatic heterocycles. The predicted octanol–water partition coefficient (Wildman–Crippen LogP) is 5.33. The van der Waals surface area contributed by atoms with E-state index in [2.05, 4.69) is 22.0 Å². The van der Waals surface area contributed by atoms with Crippen molar-refractivity contribution >= 4 is 11.6 Å². The number of ether oxygens (including phenoxy) is 1. The Morgan fingerprint density at radius 1 is 1.20 bits per heavy atom. The molecule has 0 radical (unpaired) electrons. The zero-order chi connectivity index (χ0) is 24.8. The molecule has 0 N–H and O–H groups in total. The molecule has 2 atom stereocenters. The first-order valence-electron chi connectivity index (χ1n) is 12.4. The van der Waals surface area contributed by atoms with Gasteiger partial charge in [0.25, 0.3) is 0 Å². The zero-order valence-electron chi connectivity index (χ0n) is 20.2. The number of unbranched alkanes of at least 4 members (excludes halogenated alkanes) is 1. The number of likely N-dealkylation sites (N-methyl/N-ethyl adjacent to an activating group) is 1. The number of nitrogens with zero attached hydrogens (tertiary/aromatic N) is 4. The van der Waals surface area contributed by atoms with E-state index in [0.717, 1.165) is 57.5 Å². The van der Waals surface area contributed by atoms with Gasteiger partial charge in [0.1, 0.15) is 11.4 Å². The van der Waals surface area contributed by atoms with Crippen molar-refractivity contribution in [3.05, 3.63) is 41.2 Å². The molecular weight excluding hydrogens is 457 g/mol. The molecule has 188 valence electrons. The summed E-state index contributed by atoms with van der Waals surface area (Å²) in [6.45, 7) is 1.83. The minimum absolute atomic E-state index is 0.0427. The zero-order valence-corrected chi connectivity index (χ0v) is 20.2. The van der Waals surface area contributed by atoms with Gasteiger partial charge in [-0.25, -0.2) is 4.68 Å². The molecule has 2 aliphatic carbocycles. The van der Waals surface area contributed by atoms with Crippen LogP contribution in [0.25, 0.3) is 5.69 Å². The maximum atomic E-state index is 13.9. The van der Waals surface area contributed by atoms with Crippen molar-refractivity contribution in [3.8, 4) is 11.4 Å². The fraction of sp³-hybridized carbons (Fsp3) is 0.577. The SMILES string of the molecule is COc1ccc(-n2nc(C(F)(F)F)c3c2C(=O)C2CC2(CCCCC2=NCCN2C)CCC3)cc1. The van der Waals surface area contributed by atoms with Gasteiger partial charge in [-0.15, -0.1) is 0 Å². The van der Waals surface area contributed by atoms with Gasteiger partial charge in [0.05, 0.1) is 25.2 Å². The highest BCUT2D eigenvalue weighted by Gasteiger charge is 2.58. The van der Waals surface area contributed by atoms with Crippen molar-refractivity contribution in [2.75, 3.05) is 27.2 Å². The van der Waals surface area contributed by atoms with E-state index in [0.29, 0.717) is 17.9 Å². The summed E-state index contributed by atoms with van der Waals surface area (Å²) in [6.07, 6.45) is 1.64. The number of rotatable bonds is 7. The highest BCUT2D eigenvalue weighted by Crippen LogP contribution is 2.61. The Hall–Kier alpha value is -2.84. The summed E-state index contributed by atoms with van der Waals surface area (Å²) in [6, 6.07) is 6.61. The molecule has 5 rings (SSSR count). The molecule has 1 saturated carbocycles. The molecule has 2 heterocycles. The average molecular weight is 489 g/mol. The number of methoxy groups -OCH3 is 1. The minimum atomic E-state index is -4.61. The average Bonchev–Trinajstić information content (AvgIpc) is 3.15. The van der Waals surface area contributed by atoms with E-state index in [9.17, 15) is 18.0 Å². The number of benzene rings is 1. The van der Waals surface area contributed by atoms with E-state index in [-0.39, 0.29) is 34.8 Å². The van der Waals surface area contributed by atoms with Crippen LogP contribution >= 0.6 is 0 Å². The summed E-state index contributed by atoms with van der Waals surface area (Å²) in [7, 11) is 3.59. The van der Waals surface area contributed by atoms with Crippen LogP contribution in [0.4, 0.5) is 13.2 Å². The van der Waals surface area contributed by atoms with E-state index >= 15 is 0 Å². The van der Waals surface area contributed by atoms with Crippen LogP contribution in [-0.4, -0.2) is 53.5 Å². The molecule has 9 heteroatoms. The molecule has 0 saturated heterocycles. The second kappa shape index (κ2) is 8.99. The number of amidine groups is 1. The maximum Gasteiger partial charge on any atom is 0.435 e. The lowest BCUT2D eigenvalue weighted by atomic mass is 9.84. The normalized spacial score (nSPS) is 23.9. The number of alkyl halides is 3. The molecular formula is C26H31F3N4O2. The first kappa shape index (κ1) is 23.9. The number of carbonyl (C=O) groups is 1. The van der Waals surface area contributed by atoms with Crippen LogP contribution < -0.4 is 4.74 Å². The molecule has 0 spiro atoms. The number of Topliss-reactive ketones (excluding diaryl/α,β-unsaturated/α-hetero) is 1. The Bertz CT molecular complexity index is 1140. The standard InChI is InChI=1S/C26H31F3N4O2/c1-32-15-14-30-21(32)7-3-4-12-25-13-5-6-19-22(23(34)20(25)16-25)33(31-24(19)26(27,28)29)17-8-10-18(35-2)11-9-17/h8-11,20H,3-7,12-16H2,1-2H3. The van der Waals surface area contributed by atoms with Gasteiger partial charge in [-0.2, -0.15) is 18.3 Å². The van der Waals surface area contributed by atoms with Crippen LogP contribution in [0, 0.1) is 11.3 Å². The molecule has 1 aromatic heterocycles. The number of fused-ring (bicyclic) bond motifs is 2. The molecule has 2 unspecified atom stereocenters. The van der Waals surface area contributed by atoms with E-state index in [1.54, 1.807) is 24.3 Å². The summed E-state index contributed by atoms with van der Waals surface area (Å²) in [5, 5.41) is 3.94. The lowest BCUT2D eigenvalue weighted by molar-refractivity contribution is -0.142. The van der Waals surface area contributed by atoms with Crippen molar-refractivity contribution in [2.45, 2.75) is 57.5 Å². The largest absolute Gasteiger partial charge is 0.497 e. The van der Waals surface area contributed by atoms with Crippen molar-refractivity contribution in [1.29, 1.82) is 0 Å². The smallest absolute Gasteiger partial charge is 0.435 e. The summed E-state index contributed by atoms with van der Waals surface area (Å²) in [4.78, 5) is 20.4. The Kier molecular flexibility index (Phi) is 6.13. The minimum Gasteiger partial charge on any atom is -0.497 e. The number of halogens is 3. The third-order valence-corrected chi connectivity index (χ3v) is 7.91. The third kappa shape index (κ3) is 4.45. The van der Waals surface area contributed by atoms with Crippen LogP contribution in [0.1, 0.15) is 66.7 Å². The first-order valence-corrected chi connectivity index (χ1v) is 12.4. The second-order valence-corrected chi connectivity index (χ2v) is 10.0. The van der Waals surface area contributed by atoms with Crippen molar-refractivity contribution in [3.63, 3.8) is 0 Å². The lowest BCUT2D eigenvalue weighted by Crippen LogP contribution is -2.22. The van der Waals surface area contributed by atoms with Gasteiger partial charge in [0, 0.05) is 31.5 Å². The van der Waals surface area contributed by atoms with Crippen LogP contribution in [0.5, 0.6) is 5.75 Å². The van der Waals surface area contributed by atoms with Crippen LogP contribution in [0.2, 0.25) is 0 Å². The number of hydrogen-bond donors (Lipinski definition) is 0. The maximum absolute atomic E-state index is 13.9. The summed E-state index contributed by atoms with van der Waals surface area (Å²) < 4.78 is 48.1. The topological polar surface area (TPSA) is 59.7 Å². The van der Waals surface area contributed by atoms with E-state index < -0.39 is 11.9 Å². The Morgan fingerprint density at radius 3 is 2.63 bits per heavy atom. The van der Waals surface area contributed by atoms with Crippen molar-refractivity contribution in [1.82, 2.24) is 14.7 Å². The Morgan fingerprint density at radius 2 is 1.97 bits per heavy atom. The van der Waals surface area contributed by atoms with Gasteiger partial charge in [-0.1, -0.05) is 6.42 Å². The highest BCUT2D eigenvalue weighted by molar-refractivity contribution is 6.01. The van der Waals surface area contributed by atoms with Gasteiger partial charge in [-0.05, 0) is 68.2 Å². The van der Waals surface area contributed by atoms with Gasteiger partial charge in [-0.3, -0.25) is 9.79 Å². The second-order valence-electron chi connectivity index (χ2n) is 10.0. The van der Waals surface area contributed by atoms with E-state index in [1.807, 2.05) is 0 Å². The van der Waals surface area contributed by atoms with Crippen LogP contribution in [0.3, 0.4) is 0 Å². The number of carbonyl (C=O) groups excluding carboxylic acids is 1. The van der Waals surface area contributed by atoms with Gasteiger partial charge < -0.3 is 9.64 Å². The van der Waals surface area contributed by atoms with Crippen molar-refractivity contribution < 1.29 is 22.7 Å². The lowest BCUT2D eigenvalue weighted by Gasteiger charge is -2.21. The summed E-state index contributed by atoms with van der Waals surface area (Å²) >= 11 is 0. The number of hydrogen-bond acceptors (Lipinski definition) is 5. The molecule has 0 amide bonds. The molecule has 0 bridgehead atoms. The molecule has 1 fully saturated rings. The van der Waals surface area contributed by atoms with Gasteiger partial charge in [0.2, 0.25) is 0 Å². The fourth-order valence-electron chi connectivity index (χ4n) is 5.87. The molecule has 1 aromatic carbocycles. The monoisotopic (exact) mass is 488 g/mol. The molecule has 2 aromatic rings. The molecule has 35 heavy (non-hydrogen) atoms. The van der Waals surface area contributed by atoms with Gasteiger partial charge >= 0.3 is 6.18 Å². The summed E-state index contributed by atoms with van der Waals surface area (Å²) in [5.41, 5.74) is -0.450. The molecule has 3 aliphatic rings. The number of ketones is 1. The van der Waals surface area contributed by atoms with E-state index in [4.69, 9.17) is 4.74 Å². The Labute approximate surface area is 203 Å². The van der Waals surface area contributed by atoms with Crippen molar-refractivity contribution in [2.24, 2.45) is 16.3 Å². The third-order valence-electron chi connectivity index (χ3n) is 7.91. The quantitative estimate of drug-likeness (QED) is 0.495. The number of aromatic nitrogens is 2. The Balaban J connectivity index is 1.39. The highest BCUT2D eigenvalue weighted by atomic mass is 19.4. The number of aliphatic imine (C=N–C) groups is 1.